The zero-order chi connectivity index (χ0) is 30.4. The first-order valence-corrected chi connectivity index (χ1v) is 15.7. The number of nitrogens with zero attached hydrogens (tertiary/aromatic N) is 4. The van der Waals surface area contributed by atoms with E-state index in [1.54, 1.807) is 6.20 Å². The normalized spacial score (nSPS) is 14.5. The van der Waals surface area contributed by atoms with Crippen LogP contribution in [0.25, 0.3) is 10.8 Å². The third kappa shape index (κ3) is 6.48. The molecule has 0 spiro atoms. The summed E-state index contributed by atoms with van der Waals surface area (Å²) in [7, 11) is 0. The summed E-state index contributed by atoms with van der Waals surface area (Å²) in [6.45, 7) is 1.42. The molecule has 2 aromatic heterocycles. The number of hydrogen-bond acceptors (Lipinski definition) is 5. The Bertz CT molecular complexity index is 1900. The third-order valence-electron chi connectivity index (χ3n) is 8.72. The van der Waals surface area contributed by atoms with Gasteiger partial charge in [0.1, 0.15) is 5.82 Å². The maximum Gasteiger partial charge on any atom is 0.226 e. The molecule has 7 nitrogen and oxygen atoms in total. The first-order chi connectivity index (χ1) is 22.2. The topological polar surface area (TPSA) is 84.7 Å². The number of aryl methyl sites for hydroxylation is 2. The molecule has 4 aromatic carbocycles. The van der Waals surface area contributed by atoms with Crippen LogP contribution < -0.4 is 10.6 Å². The Hall–Kier alpha value is -5.30. The van der Waals surface area contributed by atoms with Crippen LogP contribution in [0.1, 0.15) is 52.4 Å². The lowest BCUT2D eigenvalue weighted by molar-refractivity contribution is -0.121. The fourth-order valence-electron chi connectivity index (χ4n) is 6.46. The summed E-state index contributed by atoms with van der Waals surface area (Å²) < 4.78 is 2.24. The summed E-state index contributed by atoms with van der Waals surface area (Å²) in [6.07, 6.45) is 4.22. The summed E-state index contributed by atoms with van der Waals surface area (Å²) >= 11 is 0. The number of rotatable bonds is 11. The van der Waals surface area contributed by atoms with Gasteiger partial charge in [-0.1, -0.05) is 97.1 Å². The van der Waals surface area contributed by atoms with E-state index in [9.17, 15) is 4.79 Å². The molecular weight excluding hydrogens is 556 g/mol. The number of benzene rings is 4. The molecule has 1 unspecified atom stereocenters. The SMILES string of the molecule is O=C(Cc1ccccn1)N[C@H](CC1CNc2ccccc21)c1nnc(CCc2ccccc2)n1Cc1cccc2ccccc12. The van der Waals surface area contributed by atoms with Crippen molar-refractivity contribution in [3.8, 4) is 0 Å². The molecule has 6 aromatic rings. The molecule has 1 aliphatic rings. The maximum absolute atomic E-state index is 13.6. The third-order valence-corrected chi connectivity index (χ3v) is 8.72. The Balaban J connectivity index is 1.26. The van der Waals surface area contributed by atoms with Gasteiger partial charge >= 0.3 is 0 Å². The minimum Gasteiger partial charge on any atom is -0.384 e. The Labute approximate surface area is 263 Å². The van der Waals surface area contributed by atoms with Gasteiger partial charge in [-0.2, -0.15) is 0 Å². The minimum absolute atomic E-state index is 0.0801. The lowest BCUT2D eigenvalue weighted by Gasteiger charge is -2.23. The molecule has 1 amide bonds. The fourth-order valence-corrected chi connectivity index (χ4v) is 6.46. The van der Waals surface area contributed by atoms with Crippen LogP contribution in [0.3, 0.4) is 0 Å². The van der Waals surface area contributed by atoms with Gasteiger partial charge in [-0.3, -0.25) is 9.78 Å². The van der Waals surface area contributed by atoms with E-state index in [0.717, 1.165) is 42.4 Å². The molecule has 7 heteroatoms. The van der Waals surface area contributed by atoms with Crippen LogP contribution in [0, 0.1) is 0 Å². The average Bonchev–Trinajstić information content (AvgIpc) is 3.68. The number of pyridine rings is 1. The Morgan fingerprint density at radius 2 is 1.64 bits per heavy atom. The molecule has 3 heterocycles. The first-order valence-electron chi connectivity index (χ1n) is 15.7. The predicted octanol–water partition coefficient (Wildman–Crippen LogP) is 6.66. The summed E-state index contributed by atoms with van der Waals surface area (Å²) in [4.78, 5) is 17.9. The molecule has 2 atom stereocenters. The Morgan fingerprint density at radius 1 is 0.844 bits per heavy atom. The molecule has 1 aliphatic heterocycles. The molecule has 45 heavy (non-hydrogen) atoms. The number of nitrogens with one attached hydrogen (secondary N) is 2. The van der Waals surface area contributed by atoms with Gasteiger partial charge in [0.25, 0.3) is 0 Å². The van der Waals surface area contributed by atoms with Gasteiger partial charge in [0.05, 0.1) is 19.0 Å². The zero-order valence-corrected chi connectivity index (χ0v) is 25.1. The van der Waals surface area contributed by atoms with Crippen molar-refractivity contribution in [1.82, 2.24) is 25.1 Å². The van der Waals surface area contributed by atoms with E-state index >= 15 is 0 Å². The van der Waals surface area contributed by atoms with E-state index < -0.39 is 0 Å². The standard InChI is InChI=1S/C38H36N6O/c45-37(24-31-16-8-9-22-39-31)41-35(23-30-25-40-34-19-7-6-18-33(30)34)38-43-42-36(21-20-27-11-2-1-3-12-27)44(38)26-29-15-10-14-28-13-4-5-17-32(28)29/h1-19,22,30,35,40H,20-21,23-26H2,(H,41,45)/t30?,35-/m1/s1. The van der Waals surface area contributed by atoms with Gasteiger partial charge in [-0.25, -0.2) is 0 Å². The highest BCUT2D eigenvalue weighted by molar-refractivity contribution is 5.85. The van der Waals surface area contributed by atoms with E-state index in [1.165, 1.54) is 27.5 Å². The predicted molar refractivity (Wildman–Crippen MR) is 178 cm³/mol. The van der Waals surface area contributed by atoms with Gasteiger partial charge in [0.2, 0.25) is 5.91 Å². The molecule has 7 rings (SSSR count). The van der Waals surface area contributed by atoms with Crippen LogP contribution in [0.2, 0.25) is 0 Å². The van der Waals surface area contributed by atoms with Crippen LogP contribution >= 0.6 is 0 Å². The van der Waals surface area contributed by atoms with Gasteiger partial charge in [-0.15, -0.1) is 10.2 Å². The fraction of sp³-hybridized carbons (Fsp3) is 0.211. The number of carbonyl (C=O) groups excluding carboxylic acids is 1. The second-order valence-electron chi connectivity index (χ2n) is 11.7. The summed E-state index contributed by atoms with van der Waals surface area (Å²) in [6, 6.07) is 39.1. The number of hydrogen-bond donors (Lipinski definition) is 2. The minimum atomic E-state index is -0.341. The molecule has 0 aliphatic carbocycles. The van der Waals surface area contributed by atoms with Crippen LogP contribution in [-0.2, 0) is 30.6 Å². The van der Waals surface area contributed by atoms with Gasteiger partial charge in [-0.05, 0) is 58.5 Å². The van der Waals surface area contributed by atoms with Gasteiger partial charge in [0.15, 0.2) is 5.82 Å². The van der Waals surface area contributed by atoms with Gasteiger partial charge < -0.3 is 15.2 Å². The number of fused-ring (bicyclic) bond motifs is 2. The van der Waals surface area contributed by atoms with Gasteiger partial charge in [0, 0.05) is 36.5 Å². The highest BCUT2D eigenvalue weighted by Crippen LogP contribution is 2.37. The summed E-state index contributed by atoms with van der Waals surface area (Å²) in [5.41, 5.74) is 5.62. The molecule has 0 bridgehead atoms. The van der Waals surface area contributed by atoms with Crippen LogP contribution in [0.5, 0.6) is 0 Å². The molecule has 224 valence electrons. The molecule has 0 saturated heterocycles. The maximum atomic E-state index is 13.6. The molecular formula is C38H36N6O. The van der Waals surface area contributed by atoms with Crippen molar-refractivity contribution in [3.05, 3.63) is 155 Å². The lowest BCUT2D eigenvalue weighted by Crippen LogP contribution is -2.33. The monoisotopic (exact) mass is 592 g/mol. The van der Waals surface area contributed by atoms with Crippen LogP contribution in [0.4, 0.5) is 5.69 Å². The van der Waals surface area contributed by atoms with Crippen molar-refractivity contribution in [2.24, 2.45) is 0 Å². The Kier molecular flexibility index (Phi) is 8.31. The summed E-state index contributed by atoms with van der Waals surface area (Å²) in [5.74, 6) is 1.83. The van der Waals surface area contributed by atoms with E-state index in [1.807, 2.05) is 24.3 Å². The lowest BCUT2D eigenvalue weighted by atomic mass is 9.93. The molecule has 2 N–H and O–H groups in total. The number of aromatic nitrogens is 4. The number of para-hydroxylation sites is 1. The van der Waals surface area contributed by atoms with Crippen molar-refractivity contribution in [2.75, 3.05) is 11.9 Å². The highest BCUT2D eigenvalue weighted by atomic mass is 16.1. The largest absolute Gasteiger partial charge is 0.384 e. The summed E-state index contributed by atoms with van der Waals surface area (Å²) in [5, 5.41) is 18.9. The van der Waals surface area contributed by atoms with Crippen LogP contribution in [-0.4, -0.2) is 32.2 Å². The number of anilines is 1. The van der Waals surface area contributed by atoms with Crippen LogP contribution in [0.15, 0.2) is 121 Å². The smallest absolute Gasteiger partial charge is 0.226 e. The van der Waals surface area contributed by atoms with E-state index in [4.69, 9.17) is 10.2 Å². The van der Waals surface area contributed by atoms with Crippen molar-refractivity contribution in [3.63, 3.8) is 0 Å². The van der Waals surface area contributed by atoms with Crippen molar-refractivity contribution < 1.29 is 4.79 Å². The highest BCUT2D eigenvalue weighted by Gasteiger charge is 2.30. The van der Waals surface area contributed by atoms with E-state index in [-0.39, 0.29) is 24.3 Å². The molecule has 0 saturated carbocycles. The van der Waals surface area contributed by atoms with Crippen molar-refractivity contribution >= 4 is 22.4 Å². The average molecular weight is 593 g/mol. The first kappa shape index (κ1) is 28.5. The van der Waals surface area contributed by atoms with E-state index in [0.29, 0.717) is 13.0 Å². The van der Waals surface area contributed by atoms with E-state index in [2.05, 4.69) is 111 Å². The Morgan fingerprint density at radius 3 is 2.53 bits per heavy atom. The second-order valence-corrected chi connectivity index (χ2v) is 11.7. The molecule has 0 radical (unpaired) electrons. The number of amides is 1. The van der Waals surface area contributed by atoms with Crippen molar-refractivity contribution in [1.29, 1.82) is 0 Å². The quantitative estimate of drug-likeness (QED) is 0.176. The molecule has 0 fully saturated rings. The van der Waals surface area contributed by atoms with Crippen molar-refractivity contribution in [2.45, 2.75) is 44.2 Å². The zero-order valence-electron chi connectivity index (χ0n) is 25.1. The number of carbonyl (C=O) groups is 1. The second kappa shape index (κ2) is 13.1.